The van der Waals surface area contributed by atoms with Gasteiger partial charge in [-0.05, 0) is 97.3 Å². The third kappa shape index (κ3) is 8.63. The van der Waals surface area contributed by atoms with E-state index in [1.165, 1.54) is 18.7 Å². The molecule has 0 saturated heterocycles. The molecule has 0 radical (unpaired) electrons. The van der Waals surface area contributed by atoms with Gasteiger partial charge in [-0.25, -0.2) is 29.6 Å². The first-order chi connectivity index (χ1) is 36.7. The number of nitrogens with one attached hydrogen (secondary N) is 2. The number of carbonyl (C=O) groups is 2. The van der Waals surface area contributed by atoms with Crippen molar-refractivity contribution in [1.29, 1.82) is 0 Å². The van der Waals surface area contributed by atoms with Crippen LogP contribution in [0.3, 0.4) is 0 Å². The van der Waals surface area contributed by atoms with Gasteiger partial charge < -0.3 is 35.8 Å². The van der Waals surface area contributed by atoms with Crippen molar-refractivity contribution in [3.8, 4) is 62.0 Å². The SMILES string of the molecule is C=C(C)C(=O)Nc1ccc(-c2c(-c3ccc(-c4noc(C5CC5Cn5c(-c6ccc(NC(=O)C(=C)C)cc6)c(-c6ccc(-n7cc(CC)cn7)nc6)c6c(N)ncnc65)n4)c([N+](=O)[O-])c3)c3c(N)ncnc3n2C)cc1. The van der Waals surface area contributed by atoms with Gasteiger partial charge in [0.25, 0.3) is 17.5 Å². The number of rotatable bonds is 15. The second-order valence-corrected chi connectivity index (χ2v) is 18.8. The zero-order chi connectivity index (χ0) is 53.1. The highest BCUT2D eigenvalue weighted by atomic mass is 16.6. The summed E-state index contributed by atoms with van der Waals surface area (Å²) < 4.78 is 11.6. The van der Waals surface area contributed by atoms with Crippen LogP contribution in [0, 0.1) is 16.0 Å². The molecule has 10 aromatic rings. The van der Waals surface area contributed by atoms with Gasteiger partial charge in [-0.2, -0.15) is 10.1 Å². The lowest BCUT2D eigenvalue weighted by Gasteiger charge is -2.14. The average molecular weight is 1010 g/mol. The van der Waals surface area contributed by atoms with Crippen LogP contribution in [-0.4, -0.2) is 70.7 Å². The fourth-order valence-electron chi connectivity index (χ4n) is 9.59. The van der Waals surface area contributed by atoms with Gasteiger partial charge in [0.05, 0.1) is 33.3 Å². The van der Waals surface area contributed by atoms with Crippen molar-refractivity contribution < 1.29 is 19.0 Å². The number of carbonyl (C=O) groups excluding carboxylic acids is 2. The number of nitrogens with two attached hydrogens (primary N) is 2. The van der Waals surface area contributed by atoms with E-state index in [-0.39, 0.29) is 52.4 Å². The number of hydrogen-bond acceptors (Lipinski definition) is 15. The molecule has 1 aliphatic rings. The van der Waals surface area contributed by atoms with Gasteiger partial charge >= 0.3 is 0 Å². The van der Waals surface area contributed by atoms with E-state index in [1.807, 2.05) is 72.5 Å². The van der Waals surface area contributed by atoms with Crippen LogP contribution in [0.15, 0.2) is 139 Å². The van der Waals surface area contributed by atoms with Crippen LogP contribution in [0.1, 0.15) is 44.6 Å². The molecule has 21 heteroatoms. The highest BCUT2D eigenvalue weighted by Gasteiger charge is 2.44. The van der Waals surface area contributed by atoms with Gasteiger partial charge in [-0.15, -0.1) is 0 Å². The molecule has 1 fully saturated rings. The van der Waals surface area contributed by atoms with Crippen LogP contribution in [-0.2, 0) is 29.6 Å². The fourth-order valence-corrected chi connectivity index (χ4v) is 9.59. The smallest absolute Gasteiger partial charge is 0.281 e. The van der Waals surface area contributed by atoms with Crippen LogP contribution < -0.4 is 22.1 Å². The number of benzene rings is 3. The molecule has 1 aliphatic carbocycles. The molecule has 76 heavy (non-hydrogen) atoms. The maximum atomic E-state index is 13.0. The first kappa shape index (κ1) is 48.1. The van der Waals surface area contributed by atoms with Crippen LogP contribution >= 0.6 is 0 Å². The number of hydrogen-bond donors (Lipinski definition) is 4. The van der Waals surface area contributed by atoms with Crippen molar-refractivity contribution in [3.63, 3.8) is 0 Å². The molecule has 0 bridgehead atoms. The summed E-state index contributed by atoms with van der Waals surface area (Å²) in [5.74, 6) is 0.672. The number of aromatic nitrogens is 11. The summed E-state index contributed by atoms with van der Waals surface area (Å²) in [6.07, 6.45) is 9.85. The minimum absolute atomic E-state index is 0.0276. The Balaban J connectivity index is 0.934. The first-order valence-corrected chi connectivity index (χ1v) is 24.2. The Hall–Kier alpha value is -10.2. The summed E-state index contributed by atoms with van der Waals surface area (Å²) in [6, 6.07) is 23.4. The third-order valence-corrected chi connectivity index (χ3v) is 13.6. The first-order valence-electron chi connectivity index (χ1n) is 24.2. The topological polar surface area (TPSA) is 284 Å². The molecule has 7 heterocycles. The molecule has 2 unspecified atom stereocenters. The van der Waals surface area contributed by atoms with E-state index in [0.29, 0.717) is 86.1 Å². The van der Waals surface area contributed by atoms with Crippen molar-refractivity contribution in [1.82, 2.24) is 54.0 Å². The summed E-state index contributed by atoms with van der Waals surface area (Å²) in [4.78, 5) is 65.0. The van der Waals surface area contributed by atoms with E-state index in [1.54, 1.807) is 49.0 Å². The molecule has 378 valence electrons. The van der Waals surface area contributed by atoms with E-state index >= 15 is 0 Å². The van der Waals surface area contributed by atoms with E-state index in [2.05, 4.69) is 60.5 Å². The molecule has 2 amide bonds. The molecule has 0 spiro atoms. The number of amides is 2. The quantitative estimate of drug-likeness (QED) is 0.0422. The van der Waals surface area contributed by atoms with Crippen molar-refractivity contribution >= 4 is 62.6 Å². The Morgan fingerprint density at radius 3 is 1.96 bits per heavy atom. The van der Waals surface area contributed by atoms with Crippen molar-refractivity contribution in [2.24, 2.45) is 13.0 Å². The molecule has 1 saturated carbocycles. The number of nitrogen functional groups attached to an aromatic ring is 2. The molecule has 3 aromatic carbocycles. The summed E-state index contributed by atoms with van der Waals surface area (Å²) in [7, 11) is 1.83. The van der Waals surface area contributed by atoms with Gasteiger partial charge in [0.15, 0.2) is 5.82 Å². The summed E-state index contributed by atoms with van der Waals surface area (Å²) in [5.41, 5.74) is 22.8. The normalized spacial score (nSPS) is 14.0. The fraction of sp³-hybridized carbons (Fsp3) is 0.164. The molecule has 21 nitrogen and oxygen atoms in total. The Kier molecular flexibility index (Phi) is 12.0. The number of anilines is 4. The number of nitro groups is 1. The maximum absolute atomic E-state index is 13.0. The summed E-state index contributed by atoms with van der Waals surface area (Å²) in [6.45, 7) is 13.2. The van der Waals surface area contributed by atoms with Gasteiger partial charge in [0.2, 0.25) is 11.7 Å². The average Bonchev–Trinajstić information content (AvgIpc) is 3.83. The van der Waals surface area contributed by atoms with E-state index in [9.17, 15) is 19.7 Å². The highest BCUT2D eigenvalue weighted by molar-refractivity contribution is 6.10. The van der Waals surface area contributed by atoms with Crippen LogP contribution in [0.4, 0.5) is 28.7 Å². The summed E-state index contributed by atoms with van der Waals surface area (Å²) in [5, 5.41) is 28.6. The number of aryl methyl sites for hydroxylation is 2. The van der Waals surface area contributed by atoms with Crippen molar-refractivity contribution in [2.45, 2.75) is 46.1 Å². The Morgan fingerprint density at radius 1 is 0.776 bits per heavy atom. The third-order valence-electron chi connectivity index (χ3n) is 13.6. The number of fused-ring (bicyclic) bond motifs is 2. The molecule has 0 aliphatic heterocycles. The highest BCUT2D eigenvalue weighted by Crippen LogP contribution is 2.51. The standard InChI is InChI=1S/C55H48N16O5/c1-7-30-22-63-70(24-30)41-19-13-34(23-58-41)43-45-49(57)60-27-62-52(45)69(47(43)32-10-16-37(17-11-32)65-54(73)29(4)5)25-35-20-39(35)55-66-50(67-76-55)38-18-12-33(21-40(38)71(74)75)42-44-48(56)59-26-61-51(44)68(6)46(42)31-8-14-36(15-9-31)64-53(72)28(2)3/h8-19,21-24,26-27,35,39H,2,4,7,20,25H2,1,3,5-6H3,(H,64,72)(H,65,73)(H2,56,59,61)(H2,57,60,62). The molecular weight excluding hydrogens is 965 g/mol. The molecule has 7 aromatic heterocycles. The minimum atomic E-state index is -0.480. The number of nitrogens with zero attached hydrogens (tertiary/aromatic N) is 12. The monoisotopic (exact) mass is 1010 g/mol. The predicted octanol–water partition coefficient (Wildman–Crippen LogP) is 9.48. The van der Waals surface area contributed by atoms with E-state index in [4.69, 9.17) is 30.9 Å². The van der Waals surface area contributed by atoms with Crippen molar-refractivity contribution in [3.05, 3.63) is 156 Å². The summed E-state index contributed by atoms with van der Waals surface area (Å²) >= 11 is 0. The molecule has 11 rings (SSSR count). The van der Waals surface area contributed by atoms with Crippen molar-refractivity contribution in [2.75, 3.05) is 22.1 Å². The van der Waals surface area contributed by atoms with Crippen LogP contribution in [0.5, 0.6) is 0 Å². The van der Waals surface area contributed by atoms with Gasteiger partial charge in [-0.1, -0.05) is 55.6 Å². The second kappa shape index (κ2) is 19.0. The largest absolute Gasteiger partial charge is 0.383 e. The van der Waals surface area contributed by atoms with Crippen LogP contribution in [0.2, 0.25) is 0 Å². The molecular formula is C55H48N16O5. The zero-order valence-electron chi connectivity index (χ0n) is 41.6. The molecule has 2 atom stereocenters. The van der Waals surface area contributed by atoms with Gasteiger partial charge in [0.1, 0.15) is 41.1 Å². The van der Waals surface area contributed by atoms with Gasteiger partial charge in [-0.3, -0.25) is 19.7 Å². The predicted molar refractivity (Wildman–Crippen MR) is 289 cm³/mol. The Labute approximate surface area is 433 Å². The van der Waals surface area contributed by atoms with Gasteiger partial charge in [0, 0.05) is 77.2 Å². The number of nitro benzene ring substituents is 1. The molecule has 6 N–H and O–H groups in total. The Bertz CT molecular complexity index is 4000. The zero-order valence-corrected chi connectivity index (χ0v) is 41.6. The second-order valence-electron chi connectivity index (χ2n) is 18.8. The van der Waals surface area contributed by atoms with E-state index < -0.39 is 4.92 Å². The van der Waals surface area contributed by atoms with Crippen LogP contribution in [0.25, 0.3) is 84.0 Å². The number of pyridine rings is 1. The lowest BCUT2D eigenvalue weighted by Crippen LogP contribution is -2.11. The maximum Gasteiger partial charge on any atom is 0.281 e. The lowest BCUT2D eigenvalue weighted by molar-refractivity contribution is -0.384. The lowest BCUT2D eigenvalue weighted by atomic mass is 9.96. The Morgan fingerprint density at radius 2 is 1.37 bits per heavy atom. The van der Waals surface area contributed by atoms with E-state index in [0.717, 1.165) is 39.9 Å². The minimum Gasteiger partial charge on any atom is -0.383 e.